The molecule has 116 valence electrons. The third-order valence-electron chi connectivity index (χ3n) is 3.19. The predicted octanol–water partition coefficient (Wildman–Crippen LogP) is -1.00. The summed E-state index contributed by atoms with van der Waals surface area (Å²) in [6.07, 6.45) is 0. The van der Waals surface area contributed by atoms with E-state index in [9.17, 15) is 13.2 Å². The highest BCUT2D eigenvalue weighted by molar-refractivity contribution is 7.86. The molecule has 1 aromatic rings. The van der Waals surface area contributed by atoms with Crippen molar-refractivity contribution in [3.63, 3.8) is 0 Å². The normalized spacial score (nSPS) is 16.7. The smallest absolute Gasteiger partial charge is 0.277 e. The number of benzene rings is 1. The summed E-state index contributed by atoms with van der Waals surface area (Å²) in [4.78, 5) is 13.5. The van der Waals surface area contributed by atoms with Crippen molar-refractivity contribution in [3.8, 4) is 5.75 Å². The van der Waals surface area contributed by atoms with Gasteiger partial charge in [-0.15, -0.1) is 0 Å². The van der Waals surface area contributed by atoms with Crippen molar-refractivity contribution in [2.75, 3.05) is 38.5 Å². The van der Waals surface area contributed by atoms with Crippen molar-refractivity contribution in [2.24, 2.45) is 5.14 Å². The Morgan fingerprint density at radius 1 is 1.14 bits per heavy atom. The van der Waals surface area contributed by atoms with Crippen LogP contribution < -0.4 is 15.6 Å². The second-order valence-corrected chi connectivity index (χ2v) is 6.23. The van der Waals surface area contributed by atoms with E-state index < -0.39 is 10.2 Å². The number of anilines is 1. The van der Waals surface area contributed by atoms with E-state index in [1.807, 2.05) is 0 Å². The van der Waals surface area contributed by atoms with Crippen molar-refractivity contribution in [2.45, 2.75) is 0 Å². The van der Waals surface area contributed by atoms with E-state index in [1.54, 1.807) is 29.2 Å². The predicted molar refractivity (Wildman–Crippen MR) is 77.6 cm³/mol. The first kappa shape index (κ1) is 15.5. The topological polar surface area (TPSA) is 119 Å². The molecule has 1 fully saturated rings. The van der Waals surface area contributed by atoms with Crippen molar-refractivity contribution < 1.29 is 17.9 Å². The van der Waals surface area contributed by atoms with Gasteiger partial charge in [0.05, 0.1) is 0 Å². The number of hydrogen-bond donors (Lipinski definition) is 2. The first-order chi connectivity index (χ1) is 9.86. The quantitative estimate of drug-likeness (QED) is 0.691. The highest BCUT2D eigenvalue weighted by Crippen LogP contribution is 2.13. The van der Waals surface area contributed by atoms with E-state index in [4.69, 9.17) is 15.6 Å². The molecule has 0 aromatic heterocycles. The molecule has 0 saturated carbocycles. The molecule has 0 atom stereocenters. The lowest BCUT2D eigenvalue weighted by atomic mass is 10.3. The molecule has 0 radical (unpaired) electrons. The Labute approximate surface area is 123 Å². The van der Waals surface area contributed by atoms with Gasteiger partial charge in [0, 0.05) is 31.9 Å². The zero-order valence-electron chi connectivity index (χ0n) is 11.4. The highest BCUT2D eigenvalue weighted by atomic mass is 32.2. The third kappa shape index (κ3) is 4.31. The molecule has 8 nitrogen and oxygen atoms in total. The number of hydrogen-bond acceptors (Lipinski definition) is 5. The summed E-state index contributed by atoms with van der Waals surface area (Å²) in [7, 11) is -3.68. The molecule has 1 saturated heterocycles. The maximum absolute atomic E-state index is 12.0. The van der Waals surface area contributed by atoms with E-state index in [0.717, 1.165) is 4.31 Å². The number of nitrogens with two attached hydrogens (primary N) is 2. The Bertz CT molecular complexity index is 594. The summed E-state index contributed by atoms with van der Waals surface area (Å²) in [5, 5.41) is 5.04. The van der Waals surface area contributed by atoms with Gasteiger partial charge >= 0.3 is 0 Å². The van der Waals surface area contributed by atoms with E-state index in [0.29, 0.717) is 24.5 Å². The fourth-order valence-electron chi connectivity index (χ4n) is 1.99. The molecule has 1 amide bonds. The molecule has 21 heavy (non-hydrogen) atoms. The molecule has 4 N–H and O–H groups in total. The zero-order valence-corrected chi connectivity index (χ0v) is 12.3. The molecule has 1 aromatic carbocycles. The Kier molecular flexibility index (Phi) is 4.66. The molecule has 9 heteroatoms. The van der Waals surface area contributed by atoms with Crippen LogP contribution in [0.25, 0.3) is 0 Å². The van der Waals surface area contributed by atoms with Crippen LogP contribution >= 0.6 is 0 Å². The van der Waals surface area contributed by atoms with Gasteiger partial charge in [-0.25, -0.2) is 5.14 Å². The molecule has 0 unspecified atom stereocenters. The standard InChI is InChI=1S/C12H18N4O4S/c13-10-1-3-11(4-2-10)20-9-12(17)15-5-7-16(8-6-15)21(14,18)19/h1-4H,5-9,13H2,(H2,14,18,19). The van der Waals surface area contributed by atoms with Gasteiger partial charge in [0.25, 0.3) is 16.1 Å². The number of nitrogen functional groups attached to an aromatic ring is 1. The number of amides is 1. The summed E-state index contributed by atoms with van der Waals surface area (Å²) in [5.74, 6) is 0.363. The lowest BCUT2D eigenvalue weighted by Crippen LogP contribution is -2.53. The monoisotopic (exact) mass is 314 g/mol. The van der Waals surface area contributed by atoms with Gasteiger partial charge in [0.2, 0.25) is 0 Å². The van der Waals surface area contributed by atoms with Crippen molar-refractivity contribution in [1.29, 1.82) is 0 Å². The first-order valence-corrected chi connectivity index (χ1v) is 7.90. The van der Waals surface area contributed by atoms with Gasteiger partial charge in [0.15, 0.2) is 6.61 Å². The molecule has 0 aliphatic carbocycles. The maximum Gasteiger partial charge on any atom is 0.277 e. The fourth-order valence-corrected chi connectivity index (χ4v) is 2.66. The first-order valence-electron chi connectivity index (χ1n) is 6.40. The number of carbonyl (C=O) groups is 1. The number of rotatable bonds is 4. The summed E-state index contributed by atoms with van der Waals surface area (Å²) < 4.78 is 28.8. The van der Waals surface area contributed by atoms with Crippen LogP contribution in [-0.2, 0) is 15.0 Å². The lowest BCUT2D eigenvalue weighted by Gasteiger charge is -2.32. The van der Waals surface area contributed by atoms with E-state index in [-0.39, 0.29) is 25.6 Å². The summed E-state index contributed by atoms with van der Waals surface area (Å²) in [6.45, 7) is 0.916. The molecule has 1 aliphatic heterocycles. The van der Waals surface area contributed by atoms with Crippen LogP contribution in [0, 0.1) is 0 Å². The van der Waals surface area contributed by atoms with Gasteiger partial charge in [-0.2, -0.15) is 12.7 Å². The van der Waals surface area contributed by atoms with Crippen LogP contribution in [-0.4, -0.2) is 56.3 Å². The van der Waals surface area contributed by atoms with Gasteiger partial charge < -0.3 is 15.4 Å². The fraction of sp³-hybridized carbons (Fsp3) is 0.417. The van der Waals surface area contributed by atoms with Crippen LogP contribution in [0.5, 0.6) is 5.75 Å². The summed E-state index contributed by atoms with van der Waals surface area (Å²) >= 11 is 0. The Morgan fingerprint density at radius 2 is 1.71 bits per heavy atom. The van der Waals surface area contributed by atoms with E-state index in [1.165, 1.54) is 0 Å². The van der Waals surface area contributed by atoms with Gasteiger partial charge in [-0.3, -0.25) is 4.79 Å². The molecular weight excluding hydrogens is 296 g/mol. The molecule has 0 spiro atoms. The average molecular weight is 314 g/mol. The zero-order chi connectivity index (χ0) is 15.5. The van der Waals surface area contributed by atoms with E-state index in [2.05, 4.69) is 0 Å². The second kappa shape index (κ2) is 6.29. The van der Waals surface area contributed by atoms with Crippen molar-refractivity contribution in [3.05, 3.63) is 24.3 Å². The molecule has 2 rings (SSSR count). The number of piperazine rings is 1. The van der Waals surface area contributed by atoms with Crippen LogP contribution in [0.1, 0.15) is 0 Å². The average Bonchev–Trinajstić information content (AvgIpc) is 2.45. The van der Waals surface area contributed by atoms with Gasteiger partial charge in [0.1, 0.15) is 5.75 Å². The SMILES string of the molecule is Nc1ccc(OCC(=O)N2CCN(S(N)(=O)=O)CC2)cc1. The third-order valence-corrected chi connectivity index (χ3v) is 4.28. The Morgan fingerprint density at radius 3 is 2.24 bits per heavy atom. The van der Waals surface area contributed by atoms with Gasteiger partial charge in [-0.1, -0.05) is 0 Å². The minimum atomic E-state index is -3.68. The summed E-state index contributed by atoms with van der Waals surface area (Å²) in [6, 6.07) is 6.73. The van der Waals surface area contributed by atoms with Crippen molar-refractivity contribution in [1.82, 2.24) is 9.21 Å². The largest absolute Gasteiger partial charge is 0.484 e. The van der Waals surface area contributed by atoms with Crippen LogP contribution in [0.4, 0.5) is 5.69 Å². The van der Waals surface area contributed by atoms with Crippen LogP contribution in [0.2, 0.25) is 0 Å². The second-order valence-electron chi connectivity index (χ2n) is 4.68. The van der Waals surface area contributed by atoms with E-state index >= 15 is 0 Å². The van der Waals surface area contributed by atoms with Gasteiger partial charge in [-0.05, 0) is 24.3 Å². The summed E-state index contributed by atoms with van der Waals surface area (Å²) in [5.41, 5.74) is 6.17. The molecular formula is C12H18N4O4S. The van der Waals surface area contributed by atoms with Crippen LogP contribution in [0.15, 0.2) is 24.3 Å². The maximum atomic E-state index is 12.0. The Hall–Kier alpha value is -1.84. The highest BCUT2D eigenvalue weighted by Gasteiger charge is 2.26. The van der Waals surface area contributed by atoms with Crippen molar-refractivity contribution >= 4 is 21.8 Å². The number of ether oxygens (including phenoxy) is 1. The molecule has 1 aliphatic rings. The number of nitrogens with zero attached hydrogens (tertiary/aromatic N) is 2. The number of carbonyl (C=O) groups excluding carboxylic acids is 1. The molecule has 0 bridgehead atoms. The minimum Gasteiger partial charge on any atom is -0.484 e. The molecule has 1 heterocycles. The lowest BCUT2D eigenvalue weighted by molar-refractivity contribution is -0.134. The minimum absolute atomic E-state index is 0.0979. The van der Waals surface area contributed by atoms with Crippen LogP contribution in [0.3, 0.4) is 0 Å². The Balaban J connectivity index is 1.81.